The molecule has 0 atom stereocenters. The van der Waals surface area contributed by atoms with E-state index in [9.17, 15) is 4.79 Å². The molecule has 0 aliphatic rings. The van der Waals surface area contributed by atoms with Crippen molar-refractivity contribution in [3.8, 4) is 11.1 Å². The average Bonchev–Trinajstić information content (AvgIpc) is 2.95. The average molecular weight is 280 g/mol. The summed E-state index contributed by atoms with van der Waals surface area (Å²) < 4.78 is 3.50. The third-order valence-electron chi connectivity index (χ3n) is 3.32. The van der Waals surface area contributed by atoms with E-state index >= 15 is 0 Å². The van der Waals surface area contributed by atoms with Crippen molar-refractivity contribution in [2.45, 2.75) is 13.1 Å². The van der Waals surface area contributed by atoms with Gasteiger partial charge in [-0.3, -0.25) is 9.48 Å². The van der Waals surface area contributed by atoms with Crippen LogP contribution < -0.4 is 11.3 Å². The topological polar surface area (TPSA) is 65.8 Å². The van der Waals surface area contributed by atoms with Gasteiger partial charge in [0.15, 0.2) is 0 Å². The van der Waals surface area contributed by atoms with Crippen LogP contribution in [-0.4, -0.2) is 14.3 Å². The van der Waals surface area contributed by atoms with E-state index < -0.39 is 0 Å². The Morgan fingerprint density at radius 3 is 2.76 bits per heavy atom. The number of pyridine rings is 1. The summed E-state index contributed by atoms with van der Waals surface area (Å²) >= 11 is 0. The van der Waals surface area contributed by atoms with Crippen LogP contribution in [0.25, 0.3) is 11.1 Å². The predicted octanol–water partition coefficient (Wildman–Crippen LogP) is 1.99. The summed E-state index contributed by atoms with van der Waals surface area (Å²) in [7, 11) is 0. The van der Waals surface area contributed by atoms with Gasteiger partial charge in [-0.1, -0.05) is 18.2 Å². The molecule has 0 amide bonds. The Labute approximate surface area is 122 Å². The molecule has 2 heterocycles. The minimum Gasteiger partial charge on any atom is -0.399 e. The van der Waals surface area contributed by atoms with Gasteiger partial charge in [0, 0.05) is 36.3 Å². The molecule has 5 heteroatoms. The van der Waals surface area contributed by atoms with Crippen LogP contribution in [0, 0.1) is 0 Å². The summed E-state index contributed by atoms with van der Waals surface area (Å²) in [6, 6.07) is 12.8. The van der Waals surface area contributed by atoms with Crippen LogP contribution in [0.2, 0.25) is 0 Å². The molecular formula is C16H16N4O. The first-order valence-electron chi connectivity index (χ1n) is 6.76. The lowest BCUT2D eigenvalue weighted by molar-refractivity contribution is 0.524. The number of hydrogen-bond donors (Lipinski definition) is 1. The molecule has 0 unspecified atom stereocenters. The number of anilines is 1. The van der Waals surface area contributed by atoms with E-state index in [0.29, 0.717) is 13.1 Å². The van der Waals surface area contributed by atoms with E-state index in [2.05, 4.69) is 5.10 Å². The summed E-state index contributed by atoms with van der Waals surface area (Å²) in [5, 5.41) is 4.33. The smallest absolute Gasteiger partial charge is 0.250 e. The third kappa shape index (κ3) is 3.02. The zero-order valence-corrected chi connectivity index (χ0v) is 11.5. The lowest BCUT2D eigenvalue weighted by atomic mass is 10.1. The zero-order chi connectivity index (χ0) is 14.7. The number of benzene rings is 1. The summed E-state index contributed by atoms with van der Waals surface area (Å²) in [6.45, 7) is 1.24. The Balaban J connectivity index is 1.74. The van der Waals surface area contributed by atoms with E-state index in [1.807, 2.05) is 47.4 Å². The van der Waals surface area contributed by atoms with Gasteiger partial charge in [0.25, 0.3) is 5.56 Å². The lowest BCUT2D eigenvalue weighted by Gasteiger charge is -2.04. The number of nitrogens with two attached hydrogens (primary N) is 1. The van der Waals surface area contributed by atoms with Gasteiger partial charge in [-0.25, -0.2) is 0 Å². The Morgan fingerprint density at radius 2 is 1.95 bits per heavy atom. The van der Waals surface area contributed by atoms with Crippen molar-refractivity contribution in [2.75, 3.05) is 5.73 Å². The molecule has 0 saturated carbocycles. The fraction of sp³-hybridized carbons (Fsp3) is 0.125. The summed E-state index contributed by atoms with van der Waals surface area (Å²) in [4.78, 5) is 11.6. The summed E-state index contributed by atoms with van der Waals surface area (Å²) in [6.07, 6.45) is 5.55. The largest absolute Gasteiger partial charge is 0.399 e. The van der Waals surface area contributed by atoms with E-state index in [4.69, 9.17) is 5.73 Å². The van der Waals surface area contributed by atoms with E-state index in [-0.39, 0.29) is 5.56 Å². The molecular weight excluding hydrogens is 264 g/mol. The molecule has 0 saturated heterocycles. The van der Waals surface area contributed by atoms with Crippen LogP contribution in [-0.2, 0) is 13.1 Å². The quantitative estimate of drug-likeness (QED) is 0.743. The van der Waals surface area contributed by atoms with Gasteiger partial charge in [0.2, 0.25) is 0 Å². The standard InChI is InChI=1S/C16H16N4O/c17-15-5-3-4-13(10-15)14-11-18-20(12-14)9-8-19-7-2-1-6-16(19)21/h1-7,10-12H,8-9,17H2. The number of aromatic nitrogens is 3. The molecule has 5 nitrogen and oxygen atoms in total. The van der Waals surface area contributed by atoms with Crippen LogP contribution in [0.3, 0.4) is 0 Å². The Kier molecular flexibility index (Phi) is 3.55. The van der Waals surface area contributed by atoms with E-state index in [0.717, 1.165) is 16.8 Å². The van der Waals surface area contributed by atoms with Gasteiger partial charge in [-0.15, -0.1) is 0 Å². The van der Waals surface area contributed by atoms with Crippen molar-refractivity contribution >= 4 is 5.69 Å². The predicted molar refractivity (Wildman–Crippen MR) is 82.8 cm³/mol. The van der Waals surface area contributed by atoms with Gasteiger partial charge >= 0.3 is 0 Å². The maximum absolute atomic E-state index is 11.6. The molecule has 106 valence electrons. The normalized spacial score (nSPS) is 10.7. The van der Waals surface area contributed by atoms with Crippen LogP contribution in [0.4, 0.5) is 5.69 Å². The van der Waals surface area contributed by atoms with Crippen LogP contribution in [0.15, 0.2) is 65.8 Å². The van der Waals surface area contributed by atoms with Crippen molar-refractivity contribution < 1.29 is 0 Å². The number of nitrogens with zero attached hydrogens (tertiary/aromatic N) is 3. The number of aryl methyl sites for hydroxylation is 2. The molecule has 3 rings (SSSR count). The molecule has 1 aromatic carbocycles. The molecule has 2 aromatic heterocycles. The Bertz CT molecular complexity index is 804. The number of hydrogen-bond acceptors (Lipinski definition) is 3. The van der Waals surface area contributed by atoms with E-state index in [1.165, 1.54) is 0 Å². The van der Waals surface area contributed by atoms with E-state index in [1.54, 1.807) is 22.9 Å². The SMILES string of the molecule is Nc1cccc(-c2cnn(CCn3ccccc3=O)c2)c1. The first kappa shape index (κ1) is 13.2. The fourth-order valence-corrected chi connectivity index (χ4v) is 2.21. The monoisotopic (exact) mass is 280 g/mol. The molecule has 0 bridgehead atoms. The second-order valence-corrected chi connectivity index (χ2v) is 4.85. The van der Waals surface area contributed by atoms with Crippen LogP contribution in [0.5, 0.6) is 0 Å². The highest BCUT2D eigenvalue weighted by atomic mass is 16.1. The summed E-state index contributed by atoms with van der Waals surface area (Å²) in [5.74, 6) is 0. The molecule has 0 aliphatic carbocycles. The van der Waals surface area contributed by atoms with Gasteiger partial charge in [-0.05, 0) is 23.8 Å². The second-order valence-electron chi connectivity index (χ2n) is 4.85. The molecule has 0 fully saturated rings. The van der Waals surface area contributed by atoms with Gasteiger partial charge in [-0.2, -0.15) is 5.10 Å². The van der Waals surface area contributed by atoms with Gasteiger partial charge in [0.1, 0.15) is 0 Å². The van der Waals surface area contributed by atoms with Crippen LogP contribution in [0.1, 0.15) is 0 Å². The lowest BCUT2D eigenvalue weighted by Crippen LogP contribution is -2.20. The molecule has 0 spiro atoms. The first-order chi connectivity index (χ1) is 10.2. The highest BCUT2D eigenvalue weighted by molar-refractivity contribution is 5.65. The first-order valence-corrected chi connectivity index (χ1v) is 6.76. The second kappa shape index (κ2) is 5.66. The Hall–Kier alpha value is -2.82. The van der Waals surface area contributed by atoms with Crippen molar-refractivity contribution in [3.05, 3.63) is 71.4 Å². The van der Waals surface area contributed by atoms with Gasteiger partial charge < -0.3 is 10.3 Å². The van der Waals surface area contributed by atoms with Crippen molar-refractivity contribution in [2.24, 2.45) is 0 Å². The number of rotatable bonds is 4. The molecule has 2 N–H and O–H groups in total. The van der Waals surface area contributed by atoms with Crippen molar-refractivity contribution in [1.29, 1.82) is 0 Å². The Morgan fingerprint density at radius 1 is 1.05 bits per heavy atom. The minimum absolute atomic E-state index is 0.000660. The number of nitrogen functional groups attached to an aromatic ring is 1. The highest BCUT2D eigenvalue weighted by Gasteiger charge is 2.02. The molecule has 3 aromatic rings. The van der Waals surface area contributed by atoms with Crippen molar-refractivity contribution in [1.82, 2.24) is 14.3 Å². The maximum Gasteiger partial charge on any atom is 0.250 e. The highest BCUT2D eigenvalue weighted by Crippen LogP contribution is 2.20. The summed E-state index contributed by atoms with van der Waals surface area (Å²) in [5.41, 5.74) is 8.58. The molecule has 21 heavy (non-hydrogen) atoms. The van der Waals surface area contributed by atoms with Crippen molar-refractivity contribution in [3.63, 3.8) is 0 Å². The third-order valence-corrected chi connectivity index (χ3v) is 3.32. The zero-order valence-electron chi connectivity index (χ0n) is 11.5. The molecule has 0 aliphatic heterocycles. The van der Waals surface area contributed by atoms with Crippen LogP contribution >= 0.6 is 0 Å². The minimum atomic E-state index is 0.000660. The fourth-order valence-electron chi connectivity index (χ4n) is 2.21. The van der Waals surface area contributed by atoms with Gasteiger partial charge in [0.05, 0.1) is 12.7 Å². The molecule has 0 radical (unpaired) electrons. The maximum atomic E-state index is 11.6.